The number of hydrogen-bond acceptors (Lipinski definition) is 4. The molecule has 0 saturated carbocycles. The molecule has 0 spiro atoms. The summed E-state index contributed by atoms with van der Waals surface area (Å²) in [5.74, 6) is 0. The van der Waals surface area contributed by atoms with E-state index in [-0.39, 0.29) is 0 Å². The normalized spacial score (nSPS) is 13.4. The maximum Gasteiger partial charge on any atom is 0.314 e. The highest BCUT2D eigenvalue weighted by molar-refractivity contribution is 6.87. The second-order valence-electron chi connectivity index (χ2n) is 7.64. The molecule has 22 heavy (non-hydrogen) atoms. The predicted octanol–water partition coefficient (Wildman–Crippen LogP) is 4.37. The quantitative estimate of drug-likeness (QED) is 0.276. The van der Waals surface area contributed by atoms with E-state index in [0.29, 0.717) is 19.8 Å². The Balaban J connectivity index is 4.17. The van der Waals surface area contributed by atoms with Gasteiger partial charge in [0.25, 0.3) is 0 Å². The van der Waals surface area contributed by atoms with E-state index in [4.69, 9.17) is 17.7 Å². The van der Waals surface area contributed by atoms with Crippen molar-refractivity contribution in [1.29, 1.82) is 0 Å². The van der Waals surface area contributed by atoms with Gasteiger partial charge in [0.15, 0.2) is 16.6 Å². The van der Waals surface area contributed by atoms with Crippen molar-refractivity contribution >= 4 is 25.2 Å². The highest BCUT2D eigenvalue weighted by Gasteiger charge is 2.39. The summed E-state index contributed by atoms with van der Waals surface area (Å²) in [5, 5.41) is 0. The smallest absolute Gasteiger partial charge is 0.314 e. The molecule has 0 aromatic carbocycles. The first-order chi connectivity index (χ1) is 9.97. The van der Waals surface area contributed by atoms with Crippen LogP contribution in [0.5, 0.6) is 0 Å². The molecule has 0 bridgehead atoms. The first-order valence-electron chi connectivity index (χ1n) is 8.14. The first kappa shape index (κ1) is 22.2. The van der Waals surface area contributed by atoms with Crippen LogP contribution >= 0.6 is 0 Å². The third kappa shape index (κ3) is 13.9. The van der Waals surface area contributed by atoms with Crippen LogP contribution in [0.25, 0.3) is 0 Å². The molecule has 0 aliphatic heterocycles. The Morgan fingerprint density at radius 2 is 1.27 bits per heavy atom. The van der Waals surface area contributed by atoms with Gasteiger partial charge >= 0.3 is 8.56 Å². The molecule has 4 nitrogen and oxygen atoms in total. The summed E-state index contributed by atoms with van der Waals surface area (Å²) in [6.07, 6.45) is 2.73. The van der Waals surface area contributed by atoms with E-state index >= 15 is 0 Å². The SMILES string of the molecule is C=CCOCCOCCC[Si](C)(O[Si](C)(C)C)O[Si](C)(C)C. The Kier molecular flexibility index (Phi) is 10.3. The molecule has 0 atom stereocenters. The second-order valence-corrected chi connectivity index (χ2v) is 20.5. The van der Waals surface area contributed by atoms with Crippen LogP contribution in [-0.2, 0) is 17.7 Å². The van der Waals surface area contributed by atoms with Crippen LogP contribution < -0.4 is 0 Å². The second kappa shape index (κ2) is 10.2. The van der Waals surface area contributed by atoms with Gasteiger partial charge in [-0.2, -0.15) is 0 Å². The fraction of sp³-hybridized carbons (Fsp3) is 0.867. The van der Waals surface area contributed by atoms with E-state index in [0.717, 1.165) is 19.1 Å². The van der Waals surface area contributed by atoms with Gasteiger partial charge in [0.2, 0.25) is 0 Å². The van der Waals surface area contributed by atoms with Gasteiger partial charge < -0.3 is 17.7 Å². The van der Waals surface area contributed by atoms with Crippen LogP contribution in [-0.4, -0.2) is 51.6 Å². The molecule has 0 rings (SSSR count). The van der Waals surface area contributed by atoms with E-state index in [1.165, 1.54) is 0 Å². The van der Waals surface area contributed by atoms with Crippen LogP contribution in [0.4, 0.5) is 0 Å². The van der Waals surface area contributed by atoms with Crippen molar-refractivity contribution in [3.8, 4) is 0 Å². The summed E-state index contributed by atoms with van der Waals surface area (Å²) in [6, 6.07) is 0.995. The standard InChI is InChI=1S/C15H36O4Si3/c1-9-11-16-13-14-17-12-10-15-22(8,18-20(2,3)4)19-21(5,6)7/h9H,1,10-15H2,2-8H3. The molecule has 0 amide bonds. The highest BCUT2D eigenvalue weighted by Crippen LogP contribution is 2.25. The minimum atomic E-state index is -2.10. The van der Waals surface area contributed by atoms with Gasteiger partial charge in [-0.05, 0) is 58.3 Å². The minimum absolute atomic E-state index is 0.586. The lowest BCUT2D eigenvalue weighted by Crippen LogP contribution is -2.52. The van der Waals surface area contributed by atoms with Gasteiger partial charge in [-0.15, -0.1) is 6.58 Å². The summed E-state index contributed by atoms with van der Waals surface area (Å²) in [4.78, 5) is 0. The maximum atomic E-state index is 6.46. The van der Waals surface area contributed by atoms with Crippen LogP contribution in [0, 0.1) is 0 Å². The van der Waals surface area contributed by atoms with Crippen molar-refractivity contribution in [2.45, 2.75) is 58.3 Å². The largest absolute Gasteiger partial charge is 0.437 e. The van der Waals surface area contributed by atoms with Crippen LogP contribution in [0.3, 0.4) is 0 Å². The molecular weight excluding hydrogens is 328 g/mol. The van der Waals surface area contributed by atoms with Gasteiger partial charge in [0.05, 0.1) is 19.8 Å². The third-order valence-electron chi connectivity index (χ3n) is 2.57. The van der Waals surface area contributed by atoms with Gasteiger partial charge in [0.1, 0.15) is 0 Å². The van der Waals surface area contributed by atoms with Gasteiger partial charge in [-0.25, -0.2) is 0 Å². The van der Waals surface area contributed by atoms with Crippen molar-refractivity contribution < 1.29 is 17.7 Å². The zero-order chi connectivity index (χ0) is 17.3. The molecule has 132 valence electrons. The Hall–Kier alpha value is 0.231. The molecule has 7 heteroatoms. The molecule has 0 unspecified atom stereocenters. The zero-order valence-corrected chi connectivity index (χ0v) is 18.7. The average molecular weight is 365 g/mol. The lowest BCUT2D eigenvalue weighted by Gasteiger charge is -2.38. The van der Waals surface area contributed by atoms with Crippen molar-refractivity contribution in [3.05, 3.63) is 12.7 Å². The summed E-state index contributed by atoms with van der Waals surface area (Å²) >= 11 is 0. The van der Waals surface area contributed by atoms with Crippen molar-refractivity contribution in [2.75, 3.05) is 26.4 Å². The molecule has 0 aliphatic carbocycles. The van der Waals surface area contributed by atoms with Crippen molar-refractivity contribution in [1.82, 2.24) is 0 Å². The highest BCUT2D eigenvalue weighted by atomic mass is 28.5. The van der Waals surface area contributed by atoms with Crippen LogP contribution in [0.1, 0.15) is 6.42 Å². The van der Waals surface area contributed by atoms with E-state index in [1.54, 1.807) is 6.08 Å². The zero-order valence-electron chi connectivity index (χ0n) is 15.7. The van der Waals surface area contributed by atoms with Crippen LogP contribution in [0.2, 0.25) is 51.9 Å². The summed E-state index contributed by atoms with van der Waals surface area (Å²) in [5.41, 5.74) is 0. The average Bonchev–Trinajstić information content (AvgIpc) is 2.27. The monoisotopic (exact) mass is 364 g/mol. The van der Waals surface area contributed by atoms with E-state index in [9.17, 15) is 0 Å². The number of rotatable bonds is 13. The summed E-state index contributed by atoms with van der Waals surface area (Å²) in [7, 11) is -5.29. The maximum absolute atomic E-state index is 6.46. The lowest BCUT2D eigenvalue weighted by molar-refractivity contribution is 0.0583. The molecule has 0 N–H and O–H groups in total. The molecule has 0 fully saturated rings. The molecule has 0 aliphatic rings. The minimum Gasteiger partial charge on any atom is -0.437 e. The predicted molar refractivity (Wildman–Crippen MR) is 102 cm³/mol. The van der Waals surface area contributed by atoms with Gasteiger partial charge in [-0.3, -0.25) is 0 Å². The fourth-order valence-corrected chi connectivity index (χ4v) is 14.8. The van der Waals surface area contributed by atoms with Crippen molar-refractivity contribution in [2.24, 2.45) is 0 Å². The Bertz CT molecular complexity index is 295. The Morgan fingerprint density at radius 3 is 1.73 bits per heavy atom. The molecular formula is C15H36O4Si3. The molecule has 0 aromatic heterocycles. The van der Waals surface area contributed by atoms with E-state index < -0.39 is 25.2 Å². The summed E-state index contributed by atoms with van der Waals surface area (Å²) in [6.45, 7) is 21.8. The van der Waals surface area contributed by atoms with Crippen molar-refractivity contribution in [3.63, 3.8) is 0 Å². The van der Waals surface area contributed by atoms with Crippen LogP contribution in [0.15, 0.2) is 12.7 Å². The van der Waals surface area contributed by atoms with Gasteiger partial charge in [-0.1, -0.05) is 6.08 Å². The van der Waals surface area contributed by atoms with E-state index in [2.05, 4.69) is 52.4 Å². The summed E-state index contributed by atoms with van der Waals surface area (Å²) < 4.78 is 23.8. The lowest BCUT2D eigenvalue weighted by atomic mass is 10.5. The number of hydrogen-bond donors (Lipinski definition) is 0. The number of ether oxygens (including phenoxy) is 2. The molecule has 0 saturated heterocycles. The Morgan fingerprint density at radius 1 is 0.773 bits per heavy atom. The fourth-order valence-electron chi connectivity index (χ4n) is 2.30. The Labute approximate surface area is 140 Å². The van der Waals surface area contributed by atoms with E-state index in [1.807, 2.05) is 0 Å². The first-order valence-corrected chi connectivity index (χ1v) is 17.5. The molecule has 0 heterocycles. The molecule has 0 aromatic rings. The topological polar surface area (TPSA) is 36.9 Å². The third-order valence-corrected chi connectivity index (χ3v) is 12.2. The van der Waals surface area contributed by atoms with Gasteiger partial charge in [0, 0.05) is 6.61 Å². The molecule has 0 radical (unpaired) electrons.